The summed E-state index contributed by atoms with van der Waals surface area (Å²) in [5, 5.41) is 0. The summed E-state index contributed by atoms with van der Waals surface area (Å²) in [6, 6.07) is 16.5. The molecule has 2 aromatic carbocycles. The highest BCUT2D eigenvalue weighted by atomic mass is 19.1. The molecule has 1 saturated heterocycles. The summed E-state index contributed by atoms with van der Waals surface area (Å²) in [7, 11) is 0. The van der Waals surface area contributed by atoms with Gasteiger partial charge in [0.2, 0.25) is 5.91 Å². The number of piperidine rings is 1. The van der Waals surface area contributed by atoms with Crippen LogP contribution >= 0.6 is 0 Å². The molecule has 0 spiro atoms. The van der Waals surface area contributed by atoms with Crippen molar-refractivity contribution in [3.63, 3.8) is 0 Å². The van der Waals surface area contributed by atoms with Crippen LogP contribution in [-0.2, 0) is 11.2 Å². The highest BCUT2D eigenvalue weighted by Crippen LogP contribution is 2.32. The number of hydrogen-bond donors (Lipinski definition) is 0. The van der Waals surface area contributed by atoms with Gasteiger partial charge in [0.25, 0.3) is 0 Å². The normalized spacial score (nSPS) is 16.6. The first-order valence-corrected chi connectivity index (χ1v) is 10.1. The van der Waals surface area contributed by atoms with E-state index in [1.807, 2.05) is 29.2 Å². The molecule has 4 nitrogen and oxygen atoms in total. The average molecular weight is 389 g/mol. The fraction of sp³-hybridized carbons (Fsp3) is 0.292. The van der Waals surface area contributed by atoms with E-state index in [0.29, 0.717) is 18.7 Å². The number of nitrogens with zero attached hydrogens (tertiary/aromatic N) is 3. The van der Waals surface area contributed by atoms with Crippen LogP contribution in [0.5, 0.6) is 0 Å². The number of carbonyl (C=O) groups is 1. The van der Waals surface area contributed by atoms with Crippen molar-refractivity contribution in [1.29, 1.82) is 0 Å². The number of aromatic nitrogens is 2. The quantitative estimate of drug-likeness (QED) is 0.640. The van der Waals surface area contributed by atoms with Gasteiger partial charge in [0.15, 0.2) is 0 Å². The zero-order chi connectivity index (χ0) is 20.1. The lowest BCUT2D eigenvalue weighted by Crippen LogP contribution is -2.39. The molecule has 1 aromatic heterocycles. The standard InChI is InChI=1S/C24H24FN3O/c25-21-10-4-8-19(16-21)23-24(27-14-13-26-23)20-9-5-15-28(17-20)22(29)12-11-18-6-2-1-3-7-18/h1-4,6-8,10,13-14,16,20H,5,9,11-12,15,17H2/t20-/m1/s1. The van der Waals surface area contributed by atoms with Crippen LogP contribution in [0.4, 0.5) is 4.39 Å². The molecule has 1 amide bonds. The number of rotatable bonds is 5. The Kier molecular flexibility index (Phi) is 5.94. The maximum Gasteiger partial charge on any atom is 0.222 e. The minimum atomic E-state index is -0.291. The molecular formula is C24H24FN3O. The van der Waals surface area contributed by atoms with Gasteiger partial charge >= 0.3 is 0 Å². The van der Waals surface area contributed by atoms with Gasteiger partial charge in [-0.05, 0) is 37.0 Å². The first-order chi connectivity index (χ1) is 14.2. The summed E-state index contributed by atoms with van der Waals surface area (Å²) in [6.45, 7) is 1.41. The van der Waals surface area contributed by atoms with Crippen LogP contribution in [-0.4, -0.2) is 33.9 Å². The lowest BCUT2D eigenvalue weighted by molar-refractivity contribution is -0.132. The van der Waals surface area contributed by atoms with Gasteiger partial charge in [-0.15, -0.1) is 0 Å². The highest BCUT2D eigenvalue weighted by molar-refractivity contribution is 5.76. The maximum absolute atomic E-state index is 13.7. The van der Waals surface area contributed by atoms with Crippen molar-refractivity contribution in [1.82, 2.24) is 14.9 Å². The molecule has 0 saturated carbocycles. The van der Waals surface area contributed by atoms with E-state index in [0.717, 1.165) is 37.1 Å². The molecule has 1 aliphatic rings. The molecule has 1 aliphatic heterocycles. The van der Waals surface area contributed by atoms with Gasteiger partial charge in [-0.1, -0.05) is 42.5 Å². The largest absolute Gasteiger partial charge is 0.342 e. The number of halogens is 1. The second-order valence-corrected chi connectivity index (χ2v) is 7.47. The van der Waals surface area contributed by atoms with Crippen LogP contribution < -0.4 is 0 Å². The van der Waals surface area contributed by atoms with Crippen molar-refractivity contribution in [3.8, 4) is 11.3 Å². The van der Waals surface area contributed by atoms with Crippen molar-refractivity contribution in [2.75, 3.05) is 13.1 Å². The summed E-state index contributed by atoms with van der Waals surface area (Å²) in [5.41, 5.74) is 3.45. The number of hydrogen-bond acceptors (Lipinski definition) is 3. The molecule has 29 heavy (non-hydrogen) atoms. The van der Waals surface area contributed by atoms with Gasteiger partial charge in [0, 0.05) is 43.4 Å². The van der Waals surface area contributed by atoms with Gasteiger partial charge in [-0.25, -0.2) is 4.39 Å². The second-order valence-electron chi connectivity index (χ2n) is 7.47. The third-order valence-electron chi connectivity index (χ3n) is 5.46. The molecule has 0 radical (unpaired) electrons. The van der Waals surface area contributed by atoms with Crippen LogP contribution in [0.15, 0.2) is 67.0 Å². The van der Waals surface area contributed by atoms with Crippen molar-refractivity contribution in [2.24, 2.45) is 0 Å². The molecule has 0 aliphatic carbocycles. The van der Waals surface area contributed by atoms with Crippen molar-refractivity contribution in [2.45, 2.75) is 31.6 Å². The summed E-state index contributed by atoms with van der Waals surface area (Å²) < 4.78 is 13.7. The first kappa shape index (κ1) is 19.2. The molecule has 0 bridgehead atoms. The van der Waals surface area contributed by atoms with Gasteiger partial charge in [0.1, 0.15) is 5.82 Å². The molecule has 1 fully saturated rings. The summed E-state index contributed by atoms with van der Waals surface area (Å²) >= 11 is 0. The molecule has 0 unspecified atom stereocenters. The van der Waals surface area contributed by atoms with Crippen LogP contribution in [0.3, 0.4) is 0 Å². The van der Waals surface area contributed by atoms with E-state index < -0.39 is 0 Å². The van der Waals surface area contributed by atoms with E-state index in [-0.39, 0.29) is 17.6 Å². The average Bonchev–Trinajstić information content (AvgIpc) is 2.78. The lowest BCUT2D eigenvalue weighted by Gasteiger charge is -2.33. The Morgan fingerprint density at radius 1 is 1.07 bits per heavy atom. The smallest absolute Gasteiger partial charge is 0.222 e. The molecule has 1 atom stereocenters. The molecule has 148 valence electrons. The number of amides is 1. The summed E-state index contributed by atoms with van der Waals surface area (Å²) in [6.07, 6.45) is 6.45. The van der Waals surface area contributed by atoms with Gasteiger partial charge < -0.3 is 4.90 Å². The predicted molar refractivity (Wildman–Crippen MR) is 111 cm³/mol. The third-order valence-corrected chi connectivity index (χ3v) is 5.46. The van der Waals surface area contributed by atoms with Crippen molar-refractivity contribution in [3.05, 3.63) is 84.1 Å². The summed E-state index contributed by atoms with van der Waals surface area (Å²) in [4.78, 5) is 23.8. The van der Waals surface area contributed by atoms with E-state index in [1.165, 1.54) is 17.7 Å². The molecule has 0 N–H and O–H groups in total. The Bertz CT molecular complexity index is 977. The van der Waals surface area contributed by atoms with Gasteiger partial charge in [0.05, 0.1) is 11.4 Å². The molecular weight excluding hydrogens is 365 g/mol. The molecule has 3 aromatic rings. The number of benzene rings is 2. The Balaban J connectivity index is 1.48. The minimum Gasteiger partial charge on any atom is -0.342 e. The molecule has 2 heterocycles. The van der Waals surface area contributed by atoms with Crippen LogP contribution in [0, 0.1) is 5.82 Å². The monoisotopic (exact) mass is 389 g/mol. The topological polar surface area (TPSA) is 46.1 Å². The Morgan fingerprint density at radius 3 is 2.72 bits per heavy atom. The van der Waals surface area contributed by atoms with E-state index >= 15 is 0 Å². The van der Waals surface area contributed by atoms with Crippen LogP contribution in [0.25, 0.3) is 11.3 Å². The SMILES string of the molecule is O=C(CCc1ccccc1)N1CCC[C@@H](c2nccnc2-c2cccc(F)c2)C1. The minimum absolute atomic E-state index is 0.108. The highest BCUT2D eigenvalue weighted by Gasteiger charge is 2.27. The Hall–Kier alpha value is -3.08. The molecule has 5 heteroatoms. The number of aryl methyl sites for hydroxylation is 1. The van der Waals surface area contributed by atoms with Crippen LogP contribution in [0.2, 0.25) is 0 Å². The fourth-order valence-electron chi connectivity index (χ4n) is 3.99. The van der Waals surface area contributed by atoms with Crippen LogP contribution in [0.1, 0.15) is 36.4 Å². The van der Waals surface area contributed by atoms with Crippen molar-refractivity contribution < 1.29 is 9.18 Å². The zero-order valence-corrected chi connectivity index (χ0v) is 16.3. The summed E-state index contributed by atoms with van der Waals surface area (Å²) in [5.74, 6) is -0.00777. The van der Waals surface area contributed by atoms with E-state index in [1.54, 1.807) is 18.5 Å². The Labute approximate surface area is 170 Å². The number of likely N-dealkylation sites (tertiary alicyclic amines) is 1. The predicted octanol–water partition coefficient (Wildman–Crippen LogP) is 4.62. The molecule has 4 rings (SSSR count). The van der Waals surface area contributed by atoms with E-state index in [2.05, 4.69) is 22.1 Å². The second kappa shape index (κ2) is 8.95. The maximum atomic E-state index is 13.7. The first-order valence-electron chi connectivity index (χ1n) is 10.1. The van der Waals surface area contributed by atoms with E-state index in [9.17, 15) is 9.18 Å². The van der Waals surface area contributed by atoms with Gasteiger partial charge in [-0.2, -0.15) is 0 Å². The zero-order valence-electron chi connectivity index (χ0n) is 16.3. The lowest BCUT2D eigenvalue weighted by atomic mass is 9.91. The third kappa shape index (κ3) is 4.67. The number of carbonyl (C=O) groups excluding carboxylic acids is 1. The van der Waals surface area contributed by atoms with E-state index in [4.69, 9.17) is 0 Å². The van der Waals surface area contributed by atoms with Crippen molar-refractivity contribution >= 4 is 5.91 Å². The van der Waals surface area contributed by atoms with Gasteiger partial charge in [-0.3, -0.25) is 14.8 Å². The fourth-order valence-corrected chi connectivity index (χ4v) is 3.99. The Morgan fingerprint density at radius 2 is 1.90 bits per heavy atom.